The first-order valence-corrected chi connectivity index (χ1v) is 9.96. The van der Waals surface area contributed by atoms with E-state index >= 15 is 0 Å². The minimum atomic E-state index is -3.31. The number of nitrogens with zero attached hydrogens (tertiary/aromatic N) is 6. The summed E-state index contributed by atoms with van der Waals surface area (Å²) >= 11 is 0. The summed E-state index contributed by atoms with van der Waals surface area (Å²) < 4.78 is 29.7. The molecule has 0 radical (unpaired) electrons. The third kappa shape index (κ3) is 3.49. The lowest BCUT2D eigenvalue weighted by atomic mass is 9.97. The Hall–Kier alpha value is -1.03. The molecule has 9 heteroatoms. The first-order chi connectivity index (χ1) is 11.3. The van der Waals surface area contributed by atoms with Gasteiger partial charge in [0.2, 0.25) is 0 Å². The predicted octanol–water partition coefficient (Wildman–Crippen LogP) is 0.660. The van der Waals surface area contributed by atoms with Crippen molar-refractivity contribution in [2.24, 2.45) is 0 Å². The molecule has 0 bridgehead atoms. The quantitative estimate of drug-likeness (QED) is 0.749. The van der Waals surface area contributed by atoms with Gasteiger partial charge in [-0.1, -0.05) is 0 Å². The van der Waals surface area contributed by atoms with E-state index in [9.17, 15) is 8.42 Å². The van der Waals surface area contributed by atoms with Gasteiger partial charge in [0, 0.05) is 39.1 Å². The van der Waals surface area contributed by atoms with Gasteiger partial charge in [-0.05, 0) is 39.8 Å². The molecule has 1 aromatic rings. The molecule has 136 valence electrons. The van der Waals surface area contributed by atoms with E-state index in [1.54, 1.807) is 18.4 Å². The fraction of sp³-hybridized carbons (Fsp3) is 0.867. The van der Waals surface area contributed by atoms with Gasteiger partial charge in [0.25, 0.3) is 10.2 Å². The molecule has 1 saturated carbocycles. The zero-order valence-electron chi connectivity index (χ0n) is 15.0. The van der Waals surface area contributed by atoms with E-state index in [2.05, 4.69) is 19.7 Å². The summed E-state index contributed by atoms with van der Waals surface area (Å²) in [5.41, 5.74) is 0. The van der Waals surface area contributed by atoms with Gasteiger partial charge in [0.1, 0.15) is 11.6 Å². The molecule has 1 saturated heterocycles. The second-order valence-corrected chi connectivity index (χ2v) is 9.42. The van der Waals surface area contributed by atoms with Crippen LogP contribution in [0.25, 0.3) is 0 Å². The fourth-order valence-electron chi connectivity index (χ4n) is 3.31. The van der Waals surface area contributed by atoms with Crippen molar-refractivity contribution in [1.82, 2.24) is 28.3 Å². The zero-order chi connectivity index (χ0) is 17.5. The van der Waals surface area contributed by atoms with Crippen molar-refractivity contribution in [3.63, 3.8) is 0 Å². The van der Waals surface area contributed by atoms with Gasteiger partial charge >= 0.3 is 0 Å². The maximum atomic E-state index is 12.3. The van der Waals surface area contributed by atoms with Crippen LogP contribution in [0, 0.1) is 0 Å². The monoisotopic (exact) mass is 356 g/mol. The molecule has 2 aliphatic rings. The minimum absolute atomic E-state index is 0.294. The molecule has 0 amide bonds. The molecule has 8 nitrogen and oxygen atoms in total. The van der Waals surface area contributed by atoms with Crippen LogP contribution in [0.2, 0.25) is 0 Å². The van der Waals surface area contributed by atoms with Crippen molar-refractivity contribution in [3.05, 3.63) is 11.6 Å². The molecule has 1 aliphatic carbocycles. The van der Waals surface area contributed by atoms with E-state index in [1.165, 1.54) is 17.1 Å². The molecule has 1 aliphatic heterocycles. The topological polar surface area (TPSA) is 74.6 Å². The maximum absolute atomic E-state index is 12.3. The molecule has 0 spiro atoms. The molecule has 3 rings (SSSR count). The smallest absolute Gasteiger partial charge is 0.281 e. The summed E-state index contributed by atoms with van der Waals surface area (Å²) in [7, 11) is 3.93. The average molecular weight is 356 g/mol. The van der Waals surface area contributed by atoms with Gasteiger partial charge in [-0.2, -0.15) is 17.0 Å². The summed E-state index contributed by atoms with van der Waals surface area (Å²) in [5, 5.41) is 8.90. The van der Waals surface area contributed by atoms with Crippen LogP contribution >= 0.6 is 0 Å². The van der Waals surface area contributed by atoms with Crippen LogP contribution < -0.4 is 0 Å². The number of hydrogen-bond acceptors (Lipinski definition) is 5. The van der Waals surface area contributed by atoms with E-state index in [1.807, 2.05) is 14.1 Å². The van der Waals surface area contributed by atoms with Crippen molar-refractivity contribution in [1.29, 1.82) is 0 Å². The lowest BCUT2D eigenvalue weighted by Crippen LogP contribution is -2.44. The molecule has 2 fully saturated rings. The summed E-state index contributed by atoms with van der Waals surface area (Å²) in [4.78, 5) is 2.11. The lowest BCUT2D eigenvalue weighted by molar-refractivity contribution is 0.293. The molecule has 0 unspecified atom stereocenters. The highest BCUT2D eigenvalue weighted by Crippen LogP contribution is 2.40. The van der Waals surface area contributed by atoms with Crippen molar-refractivity contribution in [2.75, 3.05) is 41.3 Å². The maximum Gasteiger partial charge on any atom is 0.281 e. The zero-order valence-corrected chi connectivity index (χ0v) is 15.8. The fourth-order valence-corrected chi connectivity index (χ4v) is 4.45. The highest BCUT2D eigenvalue weighted by Gasteiger charge is 2.35. The Morgan fingerprint density at radius 1 is 1.04 bits per heavy atom. The van der Waals surface area contributed by atoms with Crippen LogP contribution in [0.4, 0.5) is 0 Å². The van der Waals surface area contributed by atoms with Crippen molar-refractivity contribution in [2.45, 2.75) is 44.2 Å². The Balaban J connectivity index is 1.74. The molecule has 2 heterocycles. The summed E-state index contributed by atoms with van der Waals surface area (Å²) in [6.45, 7) is 1.88. The Bertz CT molecular complexity index is 672. The summed E-state index contributed by atoms with van der Waals surface area (Å²) in [6, 6.07) is 0.536. The van der Waals surface area contributed by atoms with Crippen LogP contribution in [0.1, 0.15) is 49.3 Å². The van der Waals surface area contributed by atoms with Crippen molar-refractivity contribution < 1.29 is 8.42 Å². The Morgan fingerprint density at radius 3 is 2.17 bits per heavy atom. The van der Waals surface area contributed by atoms with Crippen molar-refractivity contribution >= 4 is 10.2 Å². The predicted molar refractivity (Wildman–Crippen MR) is 91.8 cm³/mol. The van der Waals surface area contributed by atoms with Gasteiger partial charge in [-0.15, -0.1) is 10.2 Å². The third-order valence-corrected chi connectivity index (χ3v) is 6.71. The highest BCUT2D eigenvalue weighted by molar-refractivity contribution is 7.86. The van der Waals surface area contributed by atoms with Crippen LogP contribution in [0.5, 0.6) is 0 Å². The van der Waals surface area contributed by atoms with Crippen molar-refractivity contribution in [3.8, 4) is 0 Å². The summed E-state index contributed by atoms with van der Waals surface area (Å²) in [6.07, 6.45) is 4.00. The molecular weight excluding hydrogens is 328 g/mol. The Labute approximate surface area is 144 Å². The van der Waals surface area contributed by atoms with Crippen LogP contribution in [-0.4, -0.2) is 78.0 Å². The second kappa shape index (κ2) is 6.70. The van der Waals surface area contributed by atoms with Gasteiger partial charge in [-0.25, -0.2) is 0 Å². The second-order valence-electron chi connectivity index (χ2n) is 7.28. The van der Waals surface area contributed by atoms with E-state index in [0.717, 1.165) is 31.0 Å². The lowest BCUT2D eigenvalue weighted by Gasteiger charge is -2.32. The number of aromatic nitrogens is 3. The first-order valence-electron chi connectivity index (χ1n) is 8.56. The molecule has 24 heavy (non-hydrogen) atoms. The largest absolute Gasteiger partial charge is 0.311 e. The number of rotatable bonds is 6. The third-order valence-electron chi connectivity index (χ3n) is 4.77. The molecule has 0 atom stereocenters. The number of piperidine rings is 1. The van der Waals surface area contributed by atoms with Gasteiger partial charge in [0.05, 0.1) is 6.54 Å². The van der Waals surface area contributed by atoms with E-state index in [0.29, 0.717) is 25.0 Å². The average Bonchev–Trinajstić information content (AvgIpc) is 3.28. The highest BCUT2D eigenvalue weighted by atomic mass is 32.2. The van der Waals surface area contributed by atoms with Crippen LogP contribution in [0.15, 0.2) is 0 Å². The van der Waals surface area contributed by atoms with Crippen LogP contribution in [0.3, 0.4) is 0 Å². The van der Waals surface area contributed by atoms with E-state index < -0.39 is 10.2 Å². The van der Waals surface area contributed by atoms with Crippen LogP contribution in [-0.2, 0) is 16.8 Å². The number of hydrogen-bond donors (Lipinski definition) is 0. The van der Waals surface area contributed by atoms with Gasteiger partial charge in [0.15, 0.2) is 0 Å². The Morgan fingerprint density at radius 2 is 1.67 bits per heavy atom. The molecule has 1 aromatic heterocycles. The molecular formula is C15H28N6O2S. The Kier molecular flexibility index (Phi) is 4.96. The normalized spacial score (nSPS) is 21.1. The summed E-state index contributed by atoms with van der Waals surface area (Å²) in [5.74, 6) is 2.37. The minimum Gasteiger partial charge on any atom is -0.311 e. The molecule has 0 aromatic carbocycles. The van der Waals surface area contributed by atoms with Gasteiger partial charge in [-0.3, -0.25) is 0 Å². The SMILES string of the molecule is CN(C)Cc1nnc(C2CCN(S(=O)(=O)N(C)C)CC2)n1C1CC1. The van der Waals surface area contributed by atoms with E-state index in [4.69, 9.17) is 0 Å². The molecule has 0 N–H and O–H groups in total. The first kappa shape index (κ1) is 17.8. The standard InChI is InChI=1S/C15H28N6O2S/c1-18(2)11-14-16-17-15(21(14)13-5-6-13)12-7-9-20(10-8-12)24(22,23)19(3)4/h12-13H,5-11H2,1-4H3. The van der Waals surface area contributed by atoms with E-state index in [-0.39, 0.29) is 0 Å². The van der Waals surface area contributed by atoms with Gasteiger partial charge < -0.3 is 9.47 Å².